The first-order valence-electron chi connectivity index (χ1n) is 21.5. The van der Waals surface area contributed by atoms with E-state index in [0.717, 1.165) is 44.4 Å². The van der Waals surface area contributed by atoms with Gasteiger partial charge in [-0.2, -0.15) is 0 Å². The van der Waals surface area contributed by atoms with E-state index >= 15 is 0 Å². The fraction of sp³-hybridized carbons (Fsp3) is 0.814. The van der Waals surface area contributed by atoms with E-state index in [-0.39, 0.29) is 32.1 Å². The van der Waals surface area contributed by atoms with Gasteiger partial charge in [0, 0.05) is 12.8 Å². The molecule has 0 spiro atoms. The van der Waals surface area contributed by atoms with Gasteiger partial charge in [-0.3, -0.25) is 18.6 Å². The van der Waals surface area contributed by atoms with E-state index in [4.69, 9.17) is 19.1 Å². The van der Waals surface area contributed by atoms with Gasteiger partial charge in [-0.15, -0.1) is 0 Å². The topological polar surface area (TPSA) is 189 Å². The first-order chi connectivity index (χ1) is 26.9. The molecule has 0 aromatic rings. The van der Waals surface area contributed by atoms with Gasteiger partial charge in [0.1, 0.15) is 12.7 Å². The van der Waals surface area contributed by atoms with E-state index in [2.05, 4.69) is 49.6 Å². The van der Waals surface area contributed by atoms with Crippen LogP contribution in [-0.4, -0.2) is 88.1 Å². The summed E-state index contributed by atoms with van der Waals surface area (Å²) in [4.78, 5) is 35.0. The fourth-order valence-corrected chi connectivity index (χ4v) is 6.45. The van der Waals surface area contributed by atoms with Gasteiger partial charge in [-0.25, -0.2) is 4.57 Å². The summed E-state index contributed by atoms with van der Waals surface area (Å²) in [5, 5.41) is 39.0. The lowest BCUT2D eigenvalue weighted by Crippen LogP contribution is -2.30. The Morgan fingerprint density at radius 2 is 1.21 bits per heavy atom. The number of aliphatic hydroxyl groups excluding tert-OH is 4. The first kappa shape index (κ1) is 54.1. The zero-order valence-electron chi connectivity index (χ0n) is 35.0. The summed E-state index contributed by atoms with van der Waals surface area (Å²) in [6, 6.07) is 0. The number of phosphoric ester groups is 1. The highest BCUT2D eigenvalue weighted by molar-refractivity contribution is 7.47. The number of ether oxygens (including phenoxy) is 2. The summed E-state index contributed by atoms with van der Waals surface area (Å²) in [6.07, 6.45) is 28.5. The molecule has 328 valence electrons. The van der Waals surface area contributed by atoms with Crippen LogP contribution in [-0.2, 0) is 32.7 Å². The number of aliphatic hydroxyl groups is 4. The zero-order chi connectivity index (χ0) is 41.7. The highest BCUT2D eigenvalue weighted by Gasteiger charge is 2.27. The molecule has 13 heteroatoms. The fourth-order valence-electron chi connectivity index (χ4n) is 5.66. The minimum absolute atomic E-state index is 0.129. The van der Waals surface area contributed by atoms with Gasteiger partial charge in [-0.1, -0.05) is 141 Å². The summed E-state index contributed by atoms with van der Waals surface area (Å²) in [5.74, 6) is -0.385. The molecule has 0 aromatic heterocycles. The van der Waals surface area contributed by atoms with Crippen molar-refractivity contribution in [3.05, 3.63) is 36.5 Å². The summed E-state index contributed by atoms with van der Waals surface area (Å²) in [7, 11) is -4.70. The maximum atomic E-state index is 12.6. The number of unbranched alkanes of at least 4 members (excludes halogenated alkanes) is 12. The maximum absolute atomic E-state index is 12.6. The van der Waals surface area contributed by atoms with Crippen LogP contribution < -0.4 is 0 Å². The summed E-state index contributed by atoms with van der Waals surface area (Å²) < 4.78 is 32.5. The SMILES string of the molecule is CCCCC/C=C\C/C=C\C/C=C\CC(O)C(O)CCCC(=O)O[C@H](COC(=O)CCCCCCCCCCCCC(C)CC)COP(=O)(O)OC[C@@H](O)CO. The van der Waals surface area contributed by atoms with E-state index in [1.165, 1.54) is 70.6 Å². The monoisotopic (exact) mass is 819 g/mol. The molecular formula is C43H79O12P. The summed E-state index contributed by atoms with van der Waals surface area (Å²) in [5.41, 5.74) is 0. The second-order valence-electron chi connectivity index (χ2n) is 14.9. The number of hydrogen-bond donors (Lipinski definition) is 5. The van der Waals surface area contributed by atoms with Gasteiger partial charge in [0.25, 0.3) is 0 Å². The Labute approximate surface area is 338 Å². The molecule has 0 aromatic carbocycles. The van der Waals surface area contributed by atoms with Gasteiger partial charge in [-0.05, 0) is 57.3 Å². The lowest BCUT2D eigenvalue weighted by Gasteiger charge is -2.20. The van der Waals surface area contributed by atoms with Crippen LogP contribution in [0.1, 0.15) is 168 Å². The van der Waals surface area contributed by atoms with E-state index in [0.29, 0.717) is 6.42 Å². The van der Waals surface area contributed by atoms with Crippen molar-refractivity contribution < 1.29 is 58.0 Å². The van der Waals surface area contributed by atoms with Crippen LogP contribution in [0.25, 0.3) is 0 Å². The molecule has 0 saturated heterocycles. The van der Waals surface area contributed by atoms with Gasteiger partial charge < -0.3 is 34.8 Å². The van der Waals surface area contributed by atoms with Crippen molar-refractivity contribution in [2.24, 2.45) is 5.92 Å². The van der Waals surface area contributed by atoms with Crippen molar-refractivity contribution in [2.75, 3.05) is 26.4 Å². The number of carbonyl (C=O) groups excluding carboxylic acids is 2. The average molecular weight is 819 g/mol. The molecule has 5 N–H and O–H groups in total. The molecule has 0 saturated carbocycles. The third-order valence-electron chi connectivity index (χ3n) is 9.54. The molecular weight excluding hydrogens is 739 g/mol. The Bertz CT molecular complexity index is 1080. The molecule has 0 bridgehead atoms. The molecule has 0 aliphatic heterocycles. The minimum atomic E-state index is -4.70. The third kappa shape index (κ3) is 35.3. The zero-order valence-corrected chi connectivity index (χ0v) is 35.9. The third-order valence-corrected chi connectivity index (χ3v) is 10.5. The second-order valence-corrected chi connectivity index (χ2v) is 16.4. The Morgan fingerprint density at radius 3 is 1.84 bits per heavy atom. The lowest BCUT2D eigenvalue weighted by molar-refractivity contribution is -0.161. The van der Waals surface area contributed by atoms with Crippen molar-refractivity contribution in [1.82, 2.24) is 0 Å². The van der Waals surface area contributed by atoms with E-state index in [1.807, 2.05) is 12.2 Å². The normalized spacial score (nSPS) is 15.9. The van der Waals surface area contributed by atoms with Crippen LogP contribution in [0.4, 0.5) is 0 Å². The number of esters is 2. The van der Waals surface area contributed by atoms with Crippen LogP contribution in [0.2, 0.25) is 0 Å². The van der Waals surface area contributed by atoms with Gasteiger partial charge in [0.15, 0.2) is 6.10 Å². The molecule has 0 aliphatic rings. The molecule has 12 nitrogen and oxygen atoms in total. The highest BCUT2D eigenvalue weighted by Crippen LogP contribution is 2.43. The van der Waals surface area contributed by atoms with Crippen molar-refractivity contribution in [3.8, 4) is 0 Å². The van der Waals surface area contributed by atoms with Gasteiger partial charge in [0.05, 0.1) is 32.0 Å². The Balaban J connectivity index is 4.57. The predicted octanol–water partition coefficient (Wildman–Crippen LogP) is 8.97. The van der Waals surface area contributed by atoms with Crippen LogP contribution in [0.3, 0.4) is 0 Å². The van der Waals surface area contributed by atoms with Crippen LogP contribution in [0.15, 0.2) is 36.5 Å². The Hall–Kier alpha value is -1.89. The molecule has 4 unspecified atom stereocenters. The van der Waals surface area contributed by atoms with Crippen molar-refractivity contribution in [1.29, 1.82) is 0 Å². The Morgan fingerprint density at radius 1 is 0.643 bits per heavy atom. The lowest BCUT2D eigenvalue weighted by atomic mass is 9.99. The van der Waals surface area contributed by atoms with Crippen LogP contribution in [0.5, 0.6) is 0 Å². The van der Waals surface area contributed by atoms with Crippen LogP contribution >= 0.6 is 7.82 Å². The molecule has 0 rings (SSSR count). The molecule has 0 radical (unpaired) electrons. The molecule has 0 fully saturated rings. The molecule has 56 heavy (non-hydrogen) atoms. The van der Waals surface area contributed by atoms with Crippen molar-refractivity contribution in [3.63, 3.8) is 0 Å². The standard InChI is InChI=1S/C43H79O12P/c1-4-6-7-8-9-10-11-12-16-19-22-25-29-40(46)41(47)30-27-32-43(49)55-39(36-54-56(50,51)53-34-38(45)33-44)35-52-42(48)31-26-23-20-17-14-13-15-18-21-24-28-37(3)5-2/h9-10,12,16,22,25,37-41,44-47H,4-8,11,13-15,17-21,23-24,26-36H2,1-3H3,(H,50,51)/b10-9-,16-12-,25-22-/t37?,38-,39+,40?,41?/m0/s1. The number of rotatable bonds is 39. The molecule has 0 heterocycles. The number of allylic oxidation sites excluding steroid dienone is 5. The van der Waals surface area contributed by atoms with Gasteiger partial charge >= 0.3 is 19.8 Å². The predicted molar refractivity (Wildman–Crippen MR) is 222 cm³/mol. The second kappa shape index (κ2) is 37.4. The quantitative estimate of drug-likeness (QED) is 0.0172. The highest BCUT2D eigenvalue weighted by atomic mass is 31.2. The number of phosphoric acid groups is 1. The van der Waals surface area contributed by atoms with E-state index < -0.39 is 70.6 Å². The van der Waals surface area contributed by atoms with E-state index in [1.54, 1.807) is 0 Å². The first-order valence-corrected chi connectivity index (χ1v) is 23.0. The number of hydrogen-bond acceptors (Lipinski definition) is 11. The number of carbonyl (C=O) groups is 2. The van der Waals surface area contributed by atoms with E-state index in [9.17, 15) is 34.4 Å². The average Bonchev–Trinajstić information content (AvgIpc) is 3.18. The van der Waals surface area contributed by atoms with Crippen molar-refractivity contribution in [2.45, 2.75) is 193 Å². The Kier molecular flexibility index (Phi) is 36.1. The minimum Gasteiger partial charge on any atom is -0.462 e. The largest absolute Gasteiger partial charge is 0.472 e. The molecule has 0 aliphatic carbocycles. The van der Waals surface area contributed by atoms with Crippen LogP contribution in [0, 0.1) is 5.92 Å². The smallest absolute Gasteiger partial charge is 0.462 e. The summed E-state index contributed by atoms with van der Waals surface area (Å²) in [6.45, 7) is 4.34. The maximum Gasteiger partial charge on any atom is 0.472 e. The molecule has 6 atom stereocenters. The van der Waals surface area contributed by atoms with Gasteiger partial charge in [0.2, 0.25) is 0 Å². The molecule has 0 amide bonds. The van der Waals surface area contributed by atoms with Crippen molar-refractivity contribution >= 4 is 19.8 Å². The summed E-state index contributed by atoms with van der Waals surface area (Å²) >= 11 is 0.